The van der Waals surface area contributed by atoms with Crippen molar-refractivity contribution in [1.82, 2.24) is 4.90 Å². The van der Waals surface area contributed by atoms with Gasteiger partial charge in [-0.05, 0) is 64.8 Å². The van der Waals surface area contributed by atoms with Gasteiger partial charge in [-0.1, -0.05) is 72.8 Å². The molecular formula is C29H29NO. The van der Waals surface area contributed by atoms with Gasteiger partial charge in [0.1, 0.15) is 5.75 Å². The summed E-state index contributed by atoms with van der Waals surface area (Å²) >= 11 is 0. The monoisotopic (exact) mass is 407 g/mol. The van der Waals surface area contributed by atoms with Crippen LogP contribution >= 0.6 is 0 Å². The number of hydrogen-bond acceptors (Lipinski definition) is 2. The van der Waals surface area contributed by atoms with Gasteiger partial charge in [-0.15, -0.1) is 0 Å². The van der Waals surface area contributed by atoms with Crippen LogP contribution in [0.15, 0.2) is 84.9 Å². The zero-order chi connectivity index (χ0) is 20.8. The molecule has 1 fully saturated rings. The van der Waals surface area contributed by atoms with Gasteiger partial charge in [-0.25, -0.2) is 0 Å². The summed E-state index contributed by atoms with van der Waals surface area (Å²) in [5.74, 6) is 1.92. The van der Waals surface area contributed by atoms with E-state index in [0.29, 0.717) is 17.3 Å². The Morgan fingerprint density at radius 3 is 2.42 bits per heavy atom. The van der Waals surface area contributed by atoms with Crippen molar-refractivity contribution < 1.29 is 4.74 Å². The molecule has 0 radical (unpaired) electrons. The molecule has 2 heteroatoms. The quantitative estimate of drug-likeness (QED) is 0.506. The van der Waals surface area contributed by atoms with Gasteiger partial charge in [0.25, 0.3) is 0 Å². The maximum absolute atomic E-state index is 5.39. The van der Waals surface area contributed by atoms with Crippen LogP contribution < -0.4 is 4.74 Å². The van der Waals surface area contributed by atoms with E-state index in [1.807, 2.05) is 0 Å². The minimum atomic E-state index is 0.365. The van der Waals surface area contributed by atoms with Gasteiger partial charge < -0.3 is 4.74 Å². The van der Waals surface area contributed by atoms with Crippen molar-refractivity contribution in [2.24, 2.45) is 5.41 Å². The van der Waals surface area contributed by atoms with E-state index in [1.165, 1.54) is 42.6 Å². The van der Waals surface area contributed by atoms with Crippen LogP contribution in [0.1, 0.15) is 46.9 Å². The summed E-state index contributed by atoms with van der Waals surface area (Å²) < 4.78 is 5.39. The van der Waals surface area contributed by atoms with E-state index < -0.39 is 0 Å². The highest BCUT2D eigenvalue weighted by Crippen LogP contribution is 2.62. The summed E-state index contributed by atoms with van der Waals surface area (Å²) in [5, 5.41) is 0. The molecule has 0 saturated carbocycles. The highest BCUT2D eigenvalue weighted by Gasteiger charge is 2.52. The van der Waals surface area contributed by atoms with Crippen LogP contribution in [0.5, 0.6) is 5.75 Å². The Morgan fingerprint density at radius 1 is 0.903 bits per heavy atom. The van der Waals surface area contributed by atoms with E-state index >= 15 is 0 Å². The Balaban J connectivity index is 1.34. The lowest BCUT2D eigenvalue weighted by Gasteiger charge is -2.50. The van der Waals surface area contributed by atoms with Crippen LogP contribution in [-0.4, -0.2) is 25.1 Å². The lowest BCUT2D eigenvalue weighted by atomic mass is 9.54. The molecule has 0 N–H and O–H groups in total. The molecule has 3 aliphatic carbocycles. The maximum Gasteiger partial charge on any atom is 0.118 e. The second-order valence-electron chi connectivity index (χ2n) is 9.52. The molecule has 156 valence electrons. The Hall–Kier alpha value is -2.84. The van der Waals surface area contributed by atoms with Crippen molar-refractivity contribution in [3.8, 4) is 5.75 Å². The van der Waals surface area contributed by atoms with Gasteiger partial charge in [-0.3, -0.25) is 4.90 Å². The highest BCUT2D eigenvalue weighted by atomic mass is 16.5. The van der Waals surface area contributed by atoms with Crippen molar-refractivity contribution in [2.45, 2.75) is 31.2 Å². The van der Waals surface area contributed by atoms with Gasteiger partial charge in [-0.2, -0.15) is 0 Å². The molecule has 0 amide bonds. The van der Waals surface area contributed by atoms with Crippen LogP contribution in [0, 0.1) is 5.41 Å². The fourth-order valence-corrected chi connectivity index (χ4v) is 6.39. The van der Waals surface area contributed by atoms with Gasteiger partial charge in [0.05, 0.1) is 7.11 Å². The number of nitrogens with zero attached hydrogens (tertiary/aromatic N) is 1. The van der Waals surface area contributed by atoms with E-state index in [1.54, 1.807) is 18.2 Å². The van der Waals surface area contributed by atoms with Crippen molar-refractivity contribution in [3.63, 3.8) is 0 Å². The molecule has 0 aromatic heterocycles. The number of likely N-dealkylation sites (tertiary alicyclic amines) is 1. The summed E-state index contributed by atoms with van der Waals surface area (Å²) in [5.41, 5.74) is 7.77. The molecule has 3 aromatic carbocycles. The third-order valence-corrected chi connectivity index (χ3v) is 7.84. The number of ether oxygens (including phenoxy) is 1. The maximum atomic E-state index is 5.39. The Labute approximate surface area is 185 Å². The van der Waals surface area contributed by atoms with E-state index in [2.05, 4.69) is 89.8 Å². The largest absolute Gasteiger partial charge is 0.497 e. The van der Waals surface area contributed by atoms with Gasteiger partial charge in [0.15, 0.2) is 0 Å². The Kier molecular flexibility index (Phi) is 4.50. The SMILES string of the molecule is COc1ccc(C2=C[C@@H]3c4ccccc4[C@H]2C[C@]32CCN(Cc3ccccc3)C2)cc1. The fourth-order valence-electron chi connectivity index (χ4n) is 6.39. The van der Waals surface area contributed by atoms with Crippen LogP contribution in [0.25, 0.3) is 5.57 Å². The second-order valence-corrected chi connectivity index (χ2v) is 9.52. The van der Waals surface area contributed by atoms with Crippen LogP contribution in [0.4, 0.5) is 0 Å². The van der Waals surface area contributed by atoms with E-state index in [0.717, 1.165) is 12.3 Å². The predicted octanol–water partition coefficient (Wildman–Crippen LogP) is 6.26. The first-order valence-electron chi connectivity index (χ1n) is 11.5. The number of benzene rings is 3. The average Bonchev–Trinajstić information content (AvgIpc) is 3.22. The minimum Gasteiger partial charge on any atom is -0.497 e. The summed E-state index contributed by atoms with van der Waals surface area (Å²) in [4.78, 5) is 2.68. The van der Waals surface area contributed by atoms with E-state index in [-0.39, 0.29) is 0 Å². The molecule has 0 unspecified atom stereocenters. The normalized spacial score (nSPS) is 26.7. The minimum absolute atomic E-state index is 0.365. The summed E-state index contributed by atoms with van der Waals surface area (Å²) in [6.45, 7) is 3.46. The lowest BCUT2D eigenvalue weighted by molar-refractivity contribution is 0.189. The van der Waals surface area contributed by atoms with Crippen LogP contribution in [-0.2, 0) is 6.54 Å². The second kappa shape index (κ2) is 7.39. The molecule has 7 rings (SSSR count). The van der Waals surface area contributed by atoms with E-state index in [9.17, 15) is 0 Å². The summed E-state index contributed by atoms with van der Waals surface area (Å²) in [6, 6.07) is 28.8. The van der Waals surface area contributed by atoms with E-state index in [4.69, 9.17) is 4.74 Å². The first-order chi connectivity index (χ1) is 15.3. The number of rotatable bonds is 4. The zero-order valence-corrected chi connectivity index (χ0v) is 18.1. The standard InChI is InChI=1S/C29H29NO/c1-31-23-13-11-22(12-14-23)26-17-28-25-10-6-5-9-24(25)27(26)18-29(28)15-16-30(20-29)19-21-7-3-2-4-8-21/h2-14,17,27-28H,15-16,18-20H2,1H3/t27-,28-,29+/m1/s1. The molecule has 1 spiro atoms. The molecule has 1 aliphatic heterocycles. The van der Waals surface area contributed by atoms with Gasteiger partial charge in [0, 0.05) is 24.9 Å². The summed E-state index contributed by atoms with van der Waals surface area (Å²) in [6.07, 6.45) is 5.17. The third-order valence-electron chi connectivity index (χ3n) is 7.84. The first kappa shape index (κ1) is 18.9. The number of allylic oxidation sites excluding steroid dienone is 2. The zero-order valence-electron chi connectivity index (χ0n) is 18.1. The van der Waals surface area contributed by atoms with Crippen molar-refractivity contribution >= 4 is 5.57 Å². The number of methoxy groups -OCH3 is 1. The molecule has 1 saturated heterocycles. The topological polar surface area (TPSA) is 12.5 Å². The molecule has 2 nitrogen and oxygen atoms in total. The summed E-state index contributed by atoms with van der Waals surface area (Å²) in [7, 11) is 1.73. The number of hydrogen-bond donors (Lipinski definition) is 0. The molecule has 4 aliphatic rings. The molecular weight excluding hydrogens is 378 g/mol. The Morgan fingerprint density at radius 2 is 1.65 bits per heavy atom. The third kappa shape index (κ3) is 3.13. The molecule has 3 aromatic rings. The first-order valence-corrected chi connectivity index (χ1v) is 11.5. The Bertz CT molecular complexity index is 1120. The van der Waals surface area contributed by atoms with Crippen molar-refractivity contribution in [1.29, 1.82) is 0 Å². The molecule has 31 heavy (non-hydrogen) atoms. The average molecular weight is 408 g/mol. The van der Waals surface area contributed by atoms with Crippen LogP contribution in [0.2, 0.25) is 0 Å². The highest BCUT2D eigenvalue weighted by molar-refractivity contribution is 5.77. The van der Waals surface area contributed by atoms with Crippen molar-refractivity contribution in [2.75, 3.05) is 20.2 Å². The predicted molar refractivity (Wildman–Crippen MR) is 126 cm³/mol. The molecule has 2 bridgehead atoms. The fraction of sp³-hybridized carbons (Fsp3) is 0.310. The van der Waals surface area contributed by atoms with Gasteiger partial charge >= 0.3 is 0 Å². The van der Waals surface area contributed by atoms with Gasteiger partial charge in [0.2, 0.25) is 0 Å². The van der Waals surface area contributed by atoms with Crippen molar-refractivity contribution in [3.05, 3.63) is 107 Å². The molecule has 3 atom stereocenters. The van der Waals surface area contributed by atoms with Crippen LogP contribution in [0.3, 0.4) is 0 Å². The smallest absolute Gasteiger partial charge is 0.118 e. The lowest BCUT2D eigenvalue weighted by Crippen LogP contribution is -2.40. The molecule has 1 heterocycles.